The smallest absolute Gasteiger partial charge is 0.217 e. The molecule has 2 rings (SSSR count). The summed E-state index contributed by atoms with van der Waals surface area (Å²) in [5, 5.41) is 5.94. The largest absolute Gasteiger partial charge is 0.381 e. The number of hydrogen-bond donors (Lipinski definition) is 2. The van der Waals surface area contributed by atoms with Crippen molar-refractivity contribution in [2.24, 2.45) is 0 Å². The highest BCUT2D eigenvalue weighted by molar-refractivity contribution is 5.73. The Hall–Kier alpha value is -2.36. The first-order valence-corrected chi connectivity index (χ1v) is 6.94. The lowest BCUT2D eigenvalue weighted by Gasteiger charge is -2.19. The van der Waals surface area contributed by atoms with E-state index in [-0.39, 0.29) is 17.8 Å². The van der Waals surface area contributed by atoms with Gasteiger partial charge in [-0.05, 0) is 24.1 Å². The van der Waals surface area contributed by atoms with Gasteiger partial charge in [0.2, 0.25) is 5.91 Å². The second kappa shape index (κ2) is 7.43. The lowest BCUT2D eigenvalue weighted by atomic mass is 10.1. The lowest BCUT2D eigenvalue weighted by Crippen LogP contribution is -2.40. The minimum absolute atomic E-state index is 0.0914. The van der Waals surface area contributed by atoms with Gasteiger partial charge in [-0.15, -0.1) is 0 Å². The molecule has 0 saturated heterocycles. The van der Waals surface area contributed by atoms with Crippen LogP contribution in [0, 0.1) is 5.82 Å². The maximum atomic E-state index is 13.6. The van der Waals surface area contributed by atoms with Crippen LogP contribution in [0.15, 0.2) is 54.6 Å². The Morgan fingerprint density at radius 2 is 1.76 bits per heavy atom. The molecular weight excluding hydrogens is 267 g/mol. The molecule has 0 aliphatic carbocycles. The number of hydrogen-bond acceptors (Lipinski definition) is 2. The molecule has 2 aromatic rings. The van der Waals surface area contributed by atoms with Crippen molar-refractivity contribution in [2.45, 2.75) is 19.4 Å². The second-order valence-corrected chi connectivity index (χ2v) is 4.95. The van der Waals surface area contributed by atoms with E-state index in [9.17, 15) is 9.18 Å². The van der Waals surface area contributed by atoms with E-state index in [0.717, 1.165) is 5.56 Å². The Morgan fingerprint density at radius 1 is 1.10 bits per heavy atom. The van der Waals surface area contributed by atoms with Gasteiger partial charge in [0.25, 0.3) is 0 Å². The summed E-state index contributed by atoms with van der Waals surface area (Å²) in [7, 11) is 0. The third-order valence-corrected chi connectivity index (χ3v) is 3.15. The summed E-state index contributed by atoms with van der Waals surface area (Å²) in [6.45, 7) is 1.95. The number of carbonyl (C=O) groups excluding carboxylic acids is 1. The van der Waals surface area contributed by atoms with Gasteiger partial charge < -0.3 is 10.6 Å². The van der Waals surface area contributed by atoms with Crippen LogP contribution in [-0.4, -0.2) is 18.5 Å². The summed E-state index contributed by atoms with van der Waals surface area (Å²) in [6, 6.07) is 16.3. The Bertz CT molecular complexity index is 586. The molecular formula is C17H19FN2O. The second-order valence-electron chi connectivity index (χ2n) is 4.95. The Kier molecular flexibility index (Phi) is 5.32. The zero-order valence-electron chi connectivity index (χ0n) is 12.0. The highest BCUT2D eigenvalue weighted by Crippen LogP contribution is 2.13. The van der Waals surface area contributed by atoms with Crippen LogP contribution in [0.25, 0.3) is 0 Å². The summed E-state index contributed by atoms with van der Waals surface area (Å²) < 4.78 is 13.6. The summed E-state index contributed by atoms with van der Waals surface area (Å²) in [6.07, 6.45) is 0.696. The fraction of sp³-hybridized carbons (Fsp3) is 0.235. The number of anilines is 1. The molecule has 0 bridgehead atoms. The number of carbonyl (C=O) groups is 1. The van der Waals surface area contributed by atoms with E-state index >= 15 is 0 Å². The van der Waals surface area contributed by atoms with E-state index < -0.39 is 0 Å². The number of amides is 1. The third kappa shape index (κ3) is 4.91. The molecule has 2 N–H and O–H groups in total. The van der Waals surface area contributed by atoms with Gasteiger partial charge in [-0.2, -0.15) is 0 Å². The van der Waals surface area contributed by atoms with E-state index in [1.807, 2.05) is 30.3 Å². The molecule has 1 amide bonds. The minimum atomic E-state index is -0.293. The van der Waals surface area contributed by atoms with E-state index in [1.165, 1.54) is 13.0 Å². The van der Waals surface area contributed by atoms with Gasteiger partial charge in [0.05, 0.1) is 11.7 Å². The molecule has 2 aromatic carbocycles. The zero-order chi connectivity index (χ0) is 15.1. The molecule has 0 spiro atoms. The van der Waals surface area contributed by atoms with Crippen LogP contribution in [0.3, 0.4) is 0 Å². The first kappa shape index (κ1) is 15.0. The molecule has 0 saturated carbocycles. The highest BCUT2D eigenvalue weighted by Gasteiger charge is 2.11. The van der Waals surface area contributed by atoms with Crippen molar-refractivity contribution >= 4 is 11.6 Å². The molecule has 0 aromatic heterocycles. The molecule has 1 atom stereocenters. The topological polar surface area (TPSA) is 41.1 Å². The van der Waals surface area contributed by atoms with Crippen molar-refractivity contribution in [3.8, 4) is 0 Å². The lowest BCUT2D eigenvalue weighted by molar-refractivity contribution is -0.119. The van der Waals surface area contributed by atoms with Crippen LogP contribution in [0.2, 0.25) is 0 Å². The van der Waals surface area contributed by atoms with Gasteiger partial charge in [0, 0.05) is 13.5 Å². The molecule has 110 valence electrons. The fourth-order valence-corrected chi connectivity index (χ4v) is 2.20. The van der Waals surface area contributed by atoms with Crippen molar-refractivity contribution in [1.29, 1.82) is 0 Å². The molecule has 0 heterocycles. The zero-order valence-corrected chi connectivity index (χ0v) is 12.0. The van der Waals surface area contributed by atoms with Crippen molar-refractivity contribution in [2.75, 3.05) is 11.9 Å². The normalized spacial score (nSPS) is 11.7. The van der Waals surface area contributed by atoms with E-state index in [2.05, 4.69) is 10.6 Å². The van der Waals surface area contributed by atoms with Crippen LogP contribution in [0.1, 0.15) is 12.5 Å². The minimum Gasteiger partial charge on any atom is -0.381 e. The summed E-state index contributed by atoms with van der Waals surface area (Å²) >= 11 is 0. The number of nitrogens with one attached hydrogen (secondary N) is 2. The summed E-state index contributed by atoms with van der Waals surface area (Å²) in [5.41, 5.74) is 1.58. The van der Waals surface area contributed by atoms with Crippen LogP contribution in [-0.2, 0) is 11.2 Å². The Balaban J connectivity index is 1.99. The number of rotatable bonds is 6. The maximum absolute atomic E-state index is 13.6. The van der Waals surface area contributed by atoms with Crippen LogP contribution in [0.5, 0.6) is 0 Å². The molecule has 3 nitrogen and oxygen atoms in total. The molecule has 1 unspecified atom stereocenters. The Labute approximate surface area is 124 Å². The first-order chi connectivity index (χ1) is 10.1. The maximum Gasteiger partial charge on any atom is 0.217 e. The number of benzene rings is 2. The summed E-state index contributed by atoms with van der Waals surface area (Å²) in [5.74, 6) is -0.384. The van der Waals surface area contributed by atoms with Gasteiger partial charge in [0.1, 0.15) is 5.82 Å². The quantitative estimate of drug-likeness (QED) is 0.857. The predicted octanol–water partition coefficient (Wildman–Crippen LogP) is 2.99. The number of halogens is 1. The summed E-state index contributed by atoms with van der Waals surface area (Å²) in [4.78, 5) is 11.3. The molecule has 0 aliphatic rings. The standard InChI is InChI=1S/C17H19FN2O/c1-13(21)20-15(11-14-7-3-2-4-8-14)12-19-17-10-6-5-9-16(17)18/h2-10,15,19H,11-12H2,1H3,(H,20,21). The molecule has 0 radical (unpaired) electrons. The Morgan fingerprint density at radius 3 is 2.43 bits per heavy atom. The van der Waals surface area contributed by atoms with Gasteiger partial charge in [-0.1, -0.05) is 42.5 Å². The van der Waals surface area contributed by atoms with Crippen molar-refractivity contribution in [3.05, 3.63) is 66.0 Å². The molecule has 4 heteroatoms. The van der Waals surface area contributed by atoms with Crippen LogP contribution in [0.4, 0.5) is 10.1 Å². The van der Waals surface area contributed by atoms with Crippen LogP contribution >= 0.6 is 0 Å². The van der Waals surface area contributed by atoms with Gasteiger partial charge in [-0.25, -0.2) is 4.39 Å². The fourth-order valence-electron chi connectivity index (χ4n) is 2.20. The number of para-hydroxylation sites is 1. The van der Waals surface area contributed by atoms with Crippen molar-refractivity contribution < 1.29 is 9.18 Å². The van der Waals surface area contributed by atoms with E-state index in [4.69, 9.17) is 0 Å². The monoisotopic (exact) mass is 286 g/mol. The molecule has 0 aliphatic heterocycles. The van der Waals surface area contributed by atoms with Crippen molar-refractivity contribution in [3.63, 3.8) is 0 Å². The van der Waals surface area contributed by atoms with Crippen LogP contribution < -0.4 is 10.6 Å². The average Bonchev–Trinajstić information content (AvgIpc) is 2.46. The molecule has 0 fully saturated rings. The van der Waals surface area contributed by atoms with E-state index in [0.29, 0.717) is 18.7 Å². The van der Waals surface area contributed by atoms with Gasteiger partial charge >= 0.3 is 0 Å². The van der Waals surface area contributed by atoms with Crippen molar-refractivity contribution in [1.82, 2.24) is 5.32 Å². The average molecular weight is 286 g/mol. The SMILES string of the molecule is CC(=O)NC(CNc1ccccc1F)Cc1ccccc1. The van der Waals surface area contributed by atoms with E-state index in [1.54, 1.807) is 18.2 Å². The van der Waals surface area contributed by atoms with Gasteiger partial charge in [-0.3, -0.25) is 4.79 Å². The van der Waals surface area contributed by atoms with Gasteiger partial charge in [0.15, 0.2) is 0 Å². The third-order valence-electron chi connectivity index (χ3n) is 3.15. The highest BCUT2D eigenvalue weighted by atomic mass is 19.1. The first-order valence-electron chi connectivity index (χ1n) is 6.94. The predicted molar refractivity (Wildman–Crippen MR) is 82.6 cm³/mol. The molecule has 21 heavy (non-hydrogen) atoms.